The average Bonchev–Trinajstić information content (AvgIpc) is 2.15. The van der Waals surface area contributed by atoms with Crippen molar-refractivity contribution in [3.8, 4) is 0 Å². The van der Waals surface area contributed by atoms with Crippen LogP contribution >= 0.6 is 0 Å². The fourth-order valence-electron chi connectivity index (χ4n) is 1.13. The van der Waals surface area contributed by atoms with Crippen molar-refractivity contribution < 1.29 is 0 Å². The van der Waals surface area contributed by atoms with Gasteiger partial charge < -0.3 is 0 Å². The van der Waals surface area contributed by atoms with Gasteiger partial charge in [0.15, 0.2) is 0 Å². The molecule has 12 heavy (non-hydrogen) atoms. The number of benzene rings is 1. The van der Waals surface area contributed by atoms with Gasteiger partial charge in [0.25, 0.3) is 0 Å². The van der Waals surface area contributed by atoms with E-state index in [4.69, 9.17) is 0 Å². The summed E-state index contributed by atoms with van der Waals surface area (Å²) in [6.45, 7) is 4.25. The van der Waals surface area contributed by atoms with Crippen LogP contribution in [0.15, 0.2) is 29.3 Å². The molecule has 0 heterocycles. The highest BCUT2D eigenvalue weighted by Gasteiger charge is 1.94. The number of aryl methyl sites for hydroxylation is 1. The average molecular weight is 161 g/mol. The molecule has 1 aromatic rings. The summed E-state index contributed by atoms with van der Waals surface area (Å²) in [4.78, 5) is 4.37. The van der Waals surface area contributed by atoms with E-state index >= 15 is 0 Å². The van der Waals surface area contributed by atoms with Gasteiger partial charge >= 0.3 is 0 Å². The van der Waals surface area contributed by atoms with Crippen molar-refractivity contribution >= 4 is 11.9 Å². The maximum absolute atomic E-state index is 4.37. The first-order valence-electron chi connectivity index (χ1n) is 4.49. The third-order valence-electron chi connectivity index (χ3n) is 1.79. The molecule has 0 aliphatic rings. The van der Waals surface area contributed by atoms with Crippen molar-refractivity contribution in [1.29, 1.82) is 0 Å². The van der Waals surface area contributed by atoms with Gasteiger partial charge in [0.1, 0.15) is 0 Å². The molecule has 1 nitrogen and oxygen atoms in total. The molecule has 0 unspecified atom stereocenters. The standard InChI is InChI=1S/C11H15N/c1-3-9-12-11-8-6-5-7-10(11)4-2/h5-9H,3-4H2,1-2H3. The van der Waals surface area contributed by atoms with Crippen LogP contribution in [0.2, 0.25) is 0 Å². The lowest BCUT2D eigenvalue weighted by Crippen LogP contribution is -1.80. The lowest BCUT2D eigenvalue weighted by atomic mass is 10.1. The van der Waals surface area contributed by atoms with Crippen LogP contribution in [0.3, 0.4) is 0 Å². The van der Waals surface area contributed by atoms with Crippen LogP contribution in [0.1, 0.15) is 25.8 Å². The highest BCUT2D eigenvalue weighted by Crippen LogP contribution is 2.18. The van der Waals surface area contributed by atoms with Crippen molar-refractivity contribution in [2.75, 3.05) is 0 Å². The van der Waals surface area contributed by atoms with Gasteiger partial charge in [-0.25, -0.2) is 0 Å². The summed E-state index contributed by atoms with van der Waals surface area (Å²) in [5.74, 6) is 0. The minimum atomic E-state index is 0.998. The molecule has 0 spiro atoms. The molecule has 0 bridgehead atoms. The molecule has 0 amide bonds. The molecule has 0 aliphatic heterocycles. The Labute approximate surface area is 74.2 Å². The second-order valence-corrected chi connectivity index (χ2v) is 2.70. The number of aliphatic imine (C=N–C) groups is 1. The smallest absolute Gasteiger partial charge is 0.0657 e. The Morgan fingerprint density at radius 1 is 1.25 bits per heavy atom. The lowest BCUT2D eigenvalue weighted by Gasteiger charge is -2.00. The van der Waals surface area contributed by atoms with Gasteiger partial charge in [-0.05, 0) is 24.5 Å². The zero-order valence-corrected chi connectivity index (χ0v) is 7.75. The monoisotopic (exact) mass is 161 g/mol. The Balaban J connectivity index is 2.89. The van der Waals surface area contributed by atoms with Gasteiger partial charge in [-0.3, -0.25) is 4.99 Å². The van der Waals surface area contributed by atoms with E-state index in [0.29, 0.717) is 0 Å². The number of rotatable bonds is 3. The zero-order chi connectivity index (χ0) is 8.81. The molecule has 0 radical (unpaired) electrons. The molecule has 0 N–H and O–H groups in total. The second kappa shape index (κ2) is 4.70. The van der Waals surface area contributed by atoms with E-state index in [-0.39, 0.29) is 0 Å². The molecule has 64 valence electrons. The van der Waals surface area contributed by atoms with Crippen LogP contribution in [-0.4, -0.2) is 6.21 Å². The highest BCUT2D eigenvalue weighted by molar-refractivity contribution is 5.64. The SMILES string of the molecule is CCC=Nc1ccccc1CC. The minimum Gasteiger partial charge on any atom is -0.261 e. The van der Waals surface area contributed by atoms with E-state index in [1.54, 1.807) is 0 Å². The maximum atomic E-state index is 4.37. The van der Waals surface area contributed by atoms with E-state index in [0.717, 1.165) is 18.5 Å². The van der Waals surface area contributed by atoms with Gasteiger partial charge in [0.05, 0.1) is 5.69 Å². The molecule has 1 rings (SSSR count). The van der Waals surface area contributed by atoms with Gasteiger partial charge in [0.2, 0.25) is 0 Å². The molecule has 0 aliphatic carbocycles. The molecule has 0 fully saturated rings. The quantitative estimate of drug-likeness (QED) is 0.603. The van der Waals surface area contributed by atoms with Crippen LogP contribution in [0.25, 0.3) is 0 Å². The van der Waals surface area contributed by atoms with Crippen LogP contribution in [0, 0.1) is 0 Å². The van der Waals surface area contributed by atoms with Crippen molar-refractivity contribution in [1.82, 2.24) is 0 Å². The first-order valence-corrected chi connectivity index (χ1v) is 4.49. The predicted octanol–water partition coefficient (Wildman–Crippen LogP) is 3.36. The Morgan fingerprint density at radius 3 is 2.67 bits per heavy atom. The molecular weight excluding hydrogens is 146 g/mol. The topological polar surface area (TPSA) is 12.4 Å². The number of para-hydroxylation sites is 1. The Hall–Kier alpha value is -1.11. The molecule has 0 saturated heterocycles. The van der Waals surface area contributed by atoms with E-state index in [2.05, 4.69) is 37.0 Å². The first-order chi connectivity index (χ1) is 5.88. The van der Waals surface area contributed by atoms with Gasteiger partial charge in [-0.1, -0.05) is 32.0 Å². The summed E-state index contributed by atoms with van der Waals surface area (Å²) in [5, 5.41) is 0. The van der Waals surface area contributed by atoms with Crippen LogP contribution in [0.5, 0.6) is 0 Å². The normalized spacial score (nSPS) is 10.8. The van der Waals surface area contributed by atoms with Crippen LogP contribution < -0.4 is 0 Å². The van der Waals surface area contributed by atoms with E-state index in [1.165, 1.54) is 5.56 Å². The minimum absolute atomic E-state index is 0.998. The summed E-state index contributed by atoms with van der Waals surface area (Å²) in [5.41, 5.74) is 2.43. The molecular formula is C11H15N. The summed E-state index contributed by atoms with van der Waals surface area (Å²) < 4.78 is 0. The Bertz CT molecular complexity index is 263. The Morgan fingerprint density at radius 2 is 2.00 bits per heavy atom. The fraction of sp³-hybridized carbons (Fsp3) is 0.364. The fourth-order valence-corrected chi connectivity index (χ4v) is 1.13. The van der Waals surface area contributed by atoms with Crippen molar-refractivity contribution in [3.05, 3.63) is 29.8 Å². The van der Waals surface area contributed by atoms with E-state index < -0.39 is 0 Å². The third kappa shape index (κ3) is 2.19. The molecule has 1 aromatic carbocycles. The van der Waals surface area contributed by atoms with Gasteiger partial charge in [-0.15, -0.1) is 0 Å². The first kappa shape index (κ1) is 8.98. The third-order valence-corrected chi connectivity index (χ3v) is 1.79. The highest BCUT2D eigenvalue weighted by atomic mass is 14.7. The van der Waals surface area contributed by atoms with Gasteiger partial charge in [0, 0.05) is 6.21 Å². The van der Waals surface area contributed by atoms with Crippen LogP contribution in [-0.2, 0) is 6.42 Å². The largest absolute Gasteiger partial charge is 0.261 e. The number of hydrogen-bond acceptors (Lipinski definition) is 1. The van der Waals surface area contributed by atoms with Gasteiger partial charge in [-0.2, -0.15) is 0 Å². The molecule has 0 atom stereocenters. The Kier molecular flexibility index (Phi) is 3.52. The summed E-state index contributed by atoms with van der Waals surface area (Å²) >= 11 is 0. The molecule has 1 heteroatoms. The molecule has 0 saturated carbocycles. The maximum Gasteiger partial charge on any atom is 0.0657 e. The lowest BCUT2D eigenvalue weighted by molar-refractivity contribution is 1.13. The van der Waals surface area contributed by atoms with E-state index in [1.807, 2.05) is 12.3 Å². The zero-order valence-electron chi connectivity index (χ0n) is 7.75. The van der Waals surface area contributed by atoms with Crippen LogP contribution in [0.4, 0.5) is 5.69 Å². The van der Waals surface area contributed by atoms with Crippen molar-refractivity contribution in [2.45, 2.75) is 26.7 Å². The van der Waals surface area contributed by atoms with Crippen molar-refractivity contribution in [3.63, 3.8) is 0 Å². The number of nitrogens with zero attached hydrogens (tertiary/aromatic N) is 1. The molecule has 0 aromatic heterocycles. The number of hydrogen-bond donors (Lipinski definition) is 0. The second-order valence-electron chi connectivity index (χ2n) is 2.70. The van der Waals surface area contributed by atoms with Crippen molar-refractivity contribution in [2.24, 2.45) is 4.99 Å². The summed E-state index contributed by atoms with van der Waals surface area (Å²) in [6.07, 6.45) is 4.00. The summed E-state index contributed by atoms with van der Waals surface area (Å²) in [6, 6.07) is 8.28. The summed E-state index contributed by atoms with van der Waals surface area (Å²) in [7, 11) is 0. The predicted molar refractivity (Wildman–Crippen MR) is 54.3 cm³/mol. The van der Waals surface area contributed by atoms with E-state index in [9.17, 15) is 0 Å².